The molecule has 1 rings (SSSR count). The van der Waals surface area contributed by atoms with Crippen LogP contribution in [0.15, 0.2) is 16.5 Å². The van der Waals surface area contributed by atoms with Crippen LogP contribution in [0.4, 0.5) is 13.2 Å². The Morgan fingerprint density at radius 2 is 1.93 bits per heavy atom. The van der Waals surface area contributed by atoms with Crippen molar-refractivity contribution in [3.63, 3.8) is 0 Å². The quantitative estimate of drug-likeness (QED) is 0.824. The molecule has 0 aliphatic carbocycles. The molecule has 0 aliphatic rings. The summed E-state index contributed by atoms with van der Waals surface area (Å²) in [4.78, 5) is 0. The van der Waals surface area contributed by atoms with Crippen molar-refractivity contribution in [1.29, 1.82) is 0 Å². The molecule has 1 aromatic heterocycles. The summed E-state index contributed by atoms with van der Waals surface area (Å²) >= 11 is 0. The second kappa shape index (κ2) is 4.47. The molecule has 0 spiro atoms. The third kappa shape index (κ3) is 3.80. The number of aliphatic hydroxyl groups excluding tert-OH is 1. The zero-order chi connectivity index (χ0) is 10.6. The van der Waals surface area contributed by atoms with Gasteiger partial charge in [0.2, 0.25) is 0 Å². The van der Waals surface area contributed by atoms with Gasteiger partial charge in [0.15, 0.2) is 0 Å². The van der Waals surface area contributed by atoms with Gasteiger partial charge >= 0.3 is 6.18 Å². The molecule has 0 aliphatic heterocycles. The Hall–Kier alpha value is -1.01. The van der Waals surface area contributed by atoms with E-state index in [9.17, 15) is 13.2 Å². The monoisotopic (exact) mass is 210 g/mol. The Kier molecular flexibility index (Phi) is 3.54. The van der Waals surface area contributed by atoms with Gasteiger partial charge in [-0.05, 0) is 12.1 Å². The van der Waals surface area contributed by atoms with E-state index in [1.54, 1.807) is 0 Å². The van der Waals surface area contributed by atoms with Crippen molar-refractivity contribution in [3.05, 3.63) is 23.7 Å². The molecule has 6 heteroatoms. The maximum atomic E-state index is 11.6. The van der Waals surface area contributed by atoms with Crippen LogP contribution in [-0.2, 0) is 18.0 Å². The normalized spacial score (nSPS) is 12.0. The van der Waals surface area contributed by atoms with Gasteiger partial charge in [-0.1, -0.05) is 0 Å². The predicted molar refractivity (Wildman–Crippen MR) is 40.3 cm³/mol. The minimum absolute atomic E-state index is 0.250. The standard InChI is InChI=1S/C8H9F3O3/c9-8(10,11)5-13-4-7-2-1-6(3-12)14-7/h1-2,12H,3-5H2. The smallest absolute Gasteiger partial charge is 0.411 e. The van der Waals surface area contributed by atoms with Crippen molar-refractivity contribution in [2.45, 2.75) is 19.4 Å². The van der Waals surface area contributed by atoms with Crippen LogP contribution in [0.3, 0.4) is 0 Å². The molecule has 0 radical (unpaired) electrons. The molecule has 1 aromatic rings. The summed E-state index contributed by atoms with van der Waals surface area (Å²) in [6.07, 6.45) is -4.33. The Morgan fingerprint density at radius 3 is 2.43 bits per heavy atom. The molecule has 0 saturated carbocycles. The first kappa shape index (κ1) is 11.1. The van der Waals surface area contributed by atoms with E-state index in [-0.39, 0.29) is 19.0 Å². The molecular formula is C8H9F3O3. The molecule has 0 bridgehead atoms. The second-order valence-electron chi connectivity index (χ2n) is 2.63. The Morgan fingerprint density at radius 1 is 1.29 bits per heavy atom. The van der Waals surface area contributed by atoms with Crippen LogP contribution in [0, 0.1) is 0 Å². The summed E-state index contributed by atoms with van der Waals surface area (Å²) in [6, 6.07) is 2.94. The van der Waals surface area contributed by atoms with Gasteiger partial charge in [-0.3, -0.25) is 0 Å². The summed E-state index contributed by atoms with van der Waals surface area (Å²) in [5.41, 5.74) is 0. The maximum absolute atomic E-state index is 11.6. The van der Waals surface area contributed by atoms with Gasteiger partial charge in [0, 0.05) is 0 Å². The Labute approximate surface area is 78.1 Å². The minimum atomic E-state index is -4.33. The van der Waals surface area contributed by atoms with E-state index in [0.717, 1.165) is 0 Å². The van der Waals surface area contributed by atoms with Crippen molar-refractivity contribution < 1.29 is 27.4 Å². The topological polar surface area (TPSA) is 42.6 Å². The van der Waals surface area contributed by atoms with E-state index < -0.39 is 12.8 Å². The first-order valence-corrected chi connectivity index (χ1v) is 3.84. The Bertz CT molecular complexity index is 280. The summed E-state index contributed by atoms with van der Waals surface area (Å²) in [5, 5.41) is 8.59. The Balaban J connectivity index is 2.31. The molecule has 0 amide bonds. The fourth-order valence-electron chi connectivity index (χ4n) is 0.852. The van der Waals surface area contributed by atoms with Gasteiger partial charge in [-0.25, -0.2) is 0 Å². The van der Waals surface area contributed by atoms with Crippen molar-refractivity contribution in [2.75, 3.05) is 6.61 Å². The lowest BCUT2D eigenvalue weighted by Gasteiger charge is -2.05. The van der Waals surface area contributed by atoms with E-state index in [4.69, 9.17) is 9.52 Å². The minimum Gasteiger partial charge on any atom is -0.461 e. The van der Waals surface area contributed by atoms with E-state index in [0.29, 0.717) is 5.76 Å². The van der Waals surface area contributed by atoms with E-state index in [1.807, 2.05) is 0 Å². The highest BCUT2D eigenvalue weighted by molar-refractivity contribution is 5.05. The van der Waals surface area contributed by atoms with E-state index in [1.165, 1.54) is 12.1 Å². The number of aliphatic hydroxyl groups is 1. The average molecular weight is 210 g/mol. The van der Waals surface area contributed by atoms with Crippen molar-refractivity contribution in [1.82, 2.24) is 0 Å². The third-order valence-electron chi connectivity index (χ3n) is 1.38. The molecule has 0 fully saturated rings. The number of hydrogen-bond donors (Lipinski definition) is 1. The van der Waals surface area contributed by atoms with E-state index in [2.05, 4.69) is 4.74 Å². The number of halogens is 3. The van der Waals surface area contributed by atoms with Crippen molar-refractivity contribution in [2.24, 2.45) is 0 Å². The zero-order valence-electron chi connectivity index (χ0n) is 7.17. The number of hydrogen-bond acceptors (Lipinski definition) is 3. The maximum Gasteiger partial charge on any atom is 0.411 e. The van der Waals surface area contributed by atoms with Crippen molar-refractivity contribution in [3.8, 4) is 0 Å². The molecule has 1 heterocycles. The van der Waals surface area contributed by atoms with Gasteiger partial charge in [0.1, 0.15) is 31.3 Å². The molecule has 80 valence electrons. The third-order valence-corrected chi connectivity index (χ3v) is 1.38. The van der Waals surface area contributed by atoms with Crippen LogP contribution in [0.25, 0.3) is 0 Å². The number of ether oxygens (including phenoxy) is 1. The van der Waals surface area contributed by atoms with Gasteiger partial charge in [0.05, 0.1) is 0 Å². The van der Waals surface area contributed by atoms with Crippen LogP contribution in [-0.4, -0.2) is 17.9 Å². The van der Waals surface area contributed by atoms with E-state index >= 15 is 0 Å². The predicted octanol–water partition coefficient (Wildman–Crippen LogP) is 1.85. The fourth-order valence-corrected chi connectivity index (χ4v) is 0.852. The van der Waals surface area contributed by atoms with Gasteiger partial charge in [-0.15, -0.1) is 0 Å². The number of furan rings is 1. The van der Waals surface area contributed by atoms with Gasteiger partial charge < -0.3 is 14.3 Å². The molecular weight excluding hydrogens is 201 g/mol. The lowest BCUT2D eigenvalue weighted by atomic mass is 10.4. The van der Waals surface area contributed by atoms with Crippen LogP contribution in [0.1, 0.15) is 11.5 Å². The van der Waals surface area contributed by atoms with Crippen LogP contribution < -0.4 is 0 Å². The molecule has 1 N–H and O–H groups in total. The first-order valence-electron chi connectivity index (χ1n) is 3.84. The number of alkyl halides is 3. The van der Waals surface area contributed by atoms with Crippen LogP contribution in [0.2, 0.25) is 0 Å². The van der Waals surface area contributed by atoms with Gasteiger partial charge in [0.25, 0.3) is 0 Å². The largest absolute Gasteiger partial charge is 0.461 e. The van der Waals surface area contributed by atoms with Crippen molar-refractivity contribution >= 4 is 0 Å². The molecule has 3 nitrogen and oxygen atoms in total. The first-order chi connectivity index (χ1) is 6.51. The summed E-state index contributed by atoms with van der Waals surface area (Å²) in [6.45, 7) is -1.83. The SMILES string of the molecule is OCc1ccc(COCC(F)(F)F)o1. The second-order valence-corrected chi connectivity index (χ2v) is 2.63. The molecule has 0 atom stereocenters. The molecule has 0 aromatic carbocycles. The van der Waals surface area contributed by atoms with Crippen LogP contribution >= 0.6 is 0 Å². The molecule has 14 heavy (non-hydrogen) atoms. The van der Waals surface area contributed by atoms with Crippen LogP contribution in [0.5, 0.6) is 0 Å². The highest BCUT2D eigenvalue weighted by Gasteiger charge is 2.27. The lowest BCUT2D eigenvalue weighted by molar-refractivity contribution is -0.177. The highest BCUT2D eigenvalue weighted by Crippen LogP contribution is 2.16. The fraction of sp³-hybridized carbons (Fsp3) is 0.500. The summed E-state index contributed by atoms with van der Waals surface area (Å²) in [5.74, 6) is 0.564. The average Bonchev–Trinajstić information content (AvgIpc) is 2.50. The summed E-state index contributed by atoms with van der Waals surface area (Å²) < 4.78 is 44.1. The molecule has 0 unspecified atom stereocenters. The lowest BCUT2D eigenvalue weighted by Crippen LogP contribution is -2.16. The highest BCUT2D eigenvalue weighted by atomic mass is 19.4. The van der Waals surface area contributed by atoms with Gasteiger partial charge in [-0.2, -0.15) is 13.2 Å². The summed E-state index contributed by atoms with van der Waals surface area (Å²) in [7, 11) is 0. The zero-order valence-corrected chi connectivity index (χ0v) is 7.17. The molecule has 0 saturated heterocycles. The number of rotatable bonds is 4.